The number of benzene rings is 1. The number of aromatic nitrogens is 2. The van der Waals surface area contributed by atoms with Gasteiger partial charge in [0.2, 0.25) is 0 Å². The maximum absolute atomic E-state index is 12.0. The number of nitrogens with one attached hydrogen (secondary N) is 2. The molecule has 1 aliphatic rings. The molecule has 1 saturated heterocycles. The van der Waals surface area contributed by atoms with Crippen LogP contribution in [-0.2, 0) is 6.54 Å². The first kappa shape index (κ1) is 17.8. The molecule has 0 spiro atoms. The summed E-state index contributed by atoms with van der Waals surface area (Å²) in [6, 6.07) is 11.6. The van der Waals surface area contributed by atoms with E-state index in [2.05, 4.69) is 32.7 Å². The van der Waals surface area contributed by atoms with Gasteiger partial charge in [0.1, 0.15) is 0 Å². The van der Waals surface area contributed by atoms with Crippen LogP contribution in [0.15, 0.2) is 46.3 Å². The maximum Gasteiger partial charge on any atom is 0.261 e. The fraction of sp³-hybridized carbons (Fsp3) is 0.316. The molecule has 1 aliphatic heterocycles. The first-order chi connectivity index (χ1) is 13.2. The Bertz CT molecular complexity index is 891. The molecule has 1 unspecified atom stereocenters. The van der Waals surface area contributed by atoms with Gasteiger partial charge in [0.05, 0.1) is 10.9 Å². The molecule has 1 aromatic carbocycles. The van der Waals surface area contributed by atoms with Crippen molar-refractivity contribution in [3.05, 3.63) is 58.0 Å². The smallest absolute Gasteiger partial charge is 0.261 e. The number of thiophene rings is 1. The summed E-state index contributed by atoms with van der Waals surface area (Å²) in [5.74, 6) is 1.16. The van der Waals surface area contributed by atoms with Crippen molar-refractivity contribution in [2.24, 2.45) is 0 Å². The lowest BCUT2D eigenvalue weighted by molar-refractivity contribution is 0.0955. The van der Waals surface area contributed by atoms with Crippen molar-refractivity contribution in [3.63, 3.8) is 0 Å². The number of rotatable bonds is 5. The lowest BCUT2D eigenvalue weighted by Gasteiger charge is -2.30. The number of hydrogen-bond donors (Lipinski definition) is 2. The molecule has 4 rings (SSSR count). The van der Waals surface area contributed by atoms with E-state index in [1.54, 1.807) is 0 Å². The molecule has 0 bridgehead atoms. The average molecular weight is 383 g/mol. The monoisotopic (exact) mass is 383 g/mol. The zero-order valence-corrected chi connectivity index (χ0v) is 15.8. The van der Waals surface area contributed by atoms with Gasteiger partial charge in [-0.3, -0.25) is 9.69 Å². The van der Waals surface area contributed by atoms with Gasteiger partial charge < -0.3 is 15.2 Å². The van der Waals surface area contributed by atoms with Crippen LogP contribution in [0, 0.1) is 0 Å². The normalized spacial score (nSPS) is 17.7. The van der Waals surface area contributed by atoms with Crippen LogP contribution in [-0.4, -0.2) is 47.6 Å². The molecule has 1 amide bonds. The van der Waals surface area contributed by atoms with Crippen molar-refractivity contribution in [3.8, 4) is 11.5 Å². The van der Waals surface area contributed by atoms with Crippen molar-refractivity contribution < 1.29 is 9.32 Å². The summed E-state index contributed by atoms with van der Waals surface area (Å²) in [4.78, 5) is 19.5. The van der Waals surface area contributed by atoms with E-state index in [0.29, 0.717) is 23.1 Å². The van der Waals surface area contributed by atoms with Gasteiger partial charge in [-0.15, -0.1) is 11.3 Å². The summed E-state index contributed by atoms with van der Waals surface area (Å²) in [6.45, 7) is 3.23. The molecule has 2 N–H and O–H groups in total. The number of hydrogen-bond acceptors (Lipinski definition) is 7. The van der Waals surface area contributed by atoms with Gasteiger partial charge in [0, 0.05) is 31.7 Å². The summed E-state index contributed by atoms with van der Waals surface area (Å²) in [5, 5.41) is 12.3. The highest BCUT2D eigenvalue weighted by Crippen LogP contribution is 2.23. The first-order valence-corrected chi connectivity index (χ1v) is 9.74. The minimum atomic E-state index is -0.0548. The molecule has 3 aromatic rings. The zero-order chi connectivity index (χ0) is 18.6. The predicted molar refractivity (Wildman–Crippen MR) is 103 cm³/mol. The SMILES string of the molecule is CN1CCNCC1c1noc(-c2ccc(CNC(=O)c3cccs3)cc2)n1. The van der Waals surface area contributed by atoms with Gasteiger partial charge in [-0.1, -0.05) is 23.4 Å². The Hall–Kier alpha value is -2.55. The van der Waals surface area contributed by atoms with Crippen molar-refractivity contribution >= 4 is 17.2 Å². The van der Waals surface area contributed by atoms with Gasteiger partial charge in [-0.25, -0.2) is 0 Å². The Morgan fingerprint density at radius 1 is 1.37 bits per heavy atom. The van der Waals surface area contributed by atoms with E-state index >= 15 is 0 Å². The summed E-state index contributed by atoms with van der Waals surface area (Å²) in [6.07, 6.45) is 0. The lowest BCUT2D eigenvalue weighted by atomic mass is 10.1. The molecule has 3 heterocycles. The average Bonchev–Trinajstić information content (AvgIpc) is 3.39. The molecule has 27 heavy (non-hydrogen) atoms. The molecule has 0 saturated carbocycles. The van der Waals surface area contributed by atoms with Gasteiger partial charge in [-0.2, -0.15) is 4.98 Å². The summed E-state index contributed by atoms with van der Waals surface area (Å²) >= 11 is 1.43. The number of carbonyl (C=O) groups is 1. The first-order valence-electron chi connectivity index (χ1n) is 8.86. The van der Waals surface area contributed by atoms with Crippen LogP contribution in [0.3, 0.4) is 0 Å². The van der Waals surface area contributed by atoms with E-state index < -0.39 is 0 Å². The van der Waals surface area contributed by atoms with E-state index in [1.807, 2.05) is 41.8 Å². The topological polar surface area (TPSA) is 83.3 Å². The molecule has 0 aliphatic carbocycles. The van der Waals surface area contributed by atoms with Crippen LogP contribution in [0.1, 0.15) is 27.1 Å². The number of likely N-dealkylation sites (N-methyl/N-ethyl adjacent to an activating group) is 1. The van der Waals surface area contributed by atoms with Crippen LogP contribution in [0.5, 0.6) is 0 Å². The van der Waals surface area contributed by atoms with Crippen LogP contribution in [0.4, 0.5) is 0 Å². The second-order valence-corrected chi connectivity index (χ2v) is 7.46. The second kappa shape index (κ2) is 7.99. The molecule has 8 heteroatoms. The molecule has 140 valence electrons. The highest BCUT2D eigenvalue weighted by Gasteiger charge is 2.25. The summed E-state index contributed by atoms with van der Waals surface area (Å²) in [5.41, 5.74) is 1.88. The molecule has 7 nitrogen and oxygen atoms in total. The third-order valence-electron chi connectivity index (χ3n) is 4.65. The standard InChI is InChI=1S/C19H21N5O2S/c1-24-9-8-20-12-15(24)17-22-19(26-23-17)14-6-4-13(5-7-14)11-21-18(25)16-3-2-10-27-16/h2-7,10,15,20H,8-9,11-12H2,1H3,(H,21,25). The largest absolute Gasteiger partial charge is 0.347 e. The minimum absolute atomic E-state index is 0.0548. The van der Waals surface area contributed by atoms with Gasteiger partial charge in [0.15, 0.2) is 5.82 Å². The van der Waals surface area contributed by atoms with Gasteiger partial charge >= 0.3 is 0 Å². The Morgan fingerprint density at radius 2 is 2.22 bits per heavy atom. The lowest BCUT2D eigenvalue weighted by Crippen LogP contribution is -2.44. The van der Waals surface area contributed by atoms with Crippen molar-refractivity contribution in [2.45, 2.75) is 12.6 Å². The Kier molecular flexibility index (Phi) is 5.28. The Labute approximate surface area is 161 Å². The van der Waals surface area contributed by atoms with Crippen LogP contribution >= 0.6 is 11.3 Å². The molecule has 0 radical (unpaired) electrons. The van der Waals surface area contributed by atoms with Gasteiger partial charge in [-0.05, 0) is 36.2 Å². The van der Waals surface area contributed by atoms with Crippen LogP contribution < -0.4 is 10.6 Å². The quantitative estimate of drug-likeness (QED) is 0.703. The third kappa shape index (κ3) is 4.08. The van der Waals surface area contributed by atoms with Crippen molar-refractivity contribution in [1.82, 2.24) is 25.7 Å². The zero-order valence-electron chi connectivity index (χ0n) is 15.0. The number of nitrogens with zero attached hydrogens (tertiary/aromatic N) is 3. The number of piperazine rings is 1. The highest BCUT2D eigenvalue weighted by molar-refractivity contribution is 7.12. The number of amides is 1. The van der Waals surface area contributed by atoms with E-state index in [9.17, 15) is 4.79 Å². The van der Waals surface area contributed by atoms with E-state index in [4.69, 9.17) is 4.52 Å². The van der Waals surface area contributed by atoms with Gasteiger partial charge in [0.25, 0.3) is 11.8 Å². The number of carbonyl (C=O) groups excluding carboxylic acids is 1. The summed E-state index contributed by atoms with van der Waals surface area (Å²) in [7, 11) is 2.07. The highest BCUT2D eigenvalue weighted by atomic mass is 32.1. The predicted octanol–water partition coefficient (Wildman–Crippen LogP) is 2.30. The molecule has 1 fully saturated rings. The fourth-order valence-electron chi connectivity index (χ4n) is 3.02. The second-order valence-electron chi connectivity index (χ2n) is 6.52. The van der Waals surface area contributed by atoms with Crippen LogP contribution in [0.25, 0.3) is 11.5 Å². The summed E-state index contributed by atoms with van der Waals surface area (Å²) < 4.78 is 5.46. The fourth-order valence-corrected chi connectivity index (χ4v) is 3.66. The molecule has 2 aromatic heterocycles. The Balaban J connectivity index is 1.39. The minimum Gasteiger partial charge on any atom is -0.347 e. The van der Waals surface area contributed by atoms with E-state index in [0.717, 1.165) is 30.8 Å². The Morgan fingerprint density at radius 3 is 2.96 bits per heavy atom. The third-order valence-corrected chi connectivity index (χ3v) is 5.52. The van der Waals surface area contributed by atoms with Crippen LogP contribution in [0.2, 0.25) is 0 Å². The van der Waals surface area contributed by atoms with E-state index in [-0.39, 0.29) is 11.9 Å². The van der Waals surface area contributed by atoms with Crippen molar-refractivity contribution in [2.75, 3.05) is 26.7 Å². The molecular weight excluding hydrogens is 362 g/mol. The van der Waals surface area contributed by atoms with Crippen molar-refractivity contribution in [1.29, 1.82) is 0 Å². The maximum atomic E-state index is 12.0. The molecular formula is C19H21N5O2S. The molecule has 1 atom stereocenters. The van der Waals surface area contributed by atoms with E-state index in [1.165, 1.54) is 11.3 Å².